The first-order valence-corrected chi connectivity index (χ1v) is 4.21. The Bertz CT molecular complexity index is 282. The summed E-state index contributed by atoms with van der Waals surface area (Å²) >= 11 is 0. The van der Waals surface area contributed by atoms with Gasteiger partial charge in [0.2, 0.25) is 0 Å². The lowest BCUT2D eigenvalue weighted by atomic mass is 9.85. The van der Waals surface area contributed by atoms with Gasteiger partial charge in [-0.25, -0.2) is 0 Å². The molecule has 0 heterocycles. The number of hydrogen-bond acceptors (Lipinski definition) is 1. The lowest BCUT2D eigenvalue weighted by Gasteiger charge is -2.20. The molecule has 0 aliphatic heterocycles. The summed E-state index contributed by atoms with van der Waals surface area (Å²) in [5.41, 5.74) is 2.23. The summed E-state index contributed by atoms with van der Waals surface area (Å²) in [6, 6.07) is 5.72. The largest absolute Gasteiger partial charge is 0.508 e. The van der Waals surface area contributed by atoms with Gasteiger partial charge in [-0.05, 0) is 24.0 Å². The molecule has 1 aromatic rings. The van der Waals surface area contributed by atoms with E-state index < -0.39 is 0 Å². The molecular formula is C12H20O. The van der Waals surface area contributed by atoms with E-state index in [2.05, 4.69) is 20.8 Å². The standard InChI is InChI=1S/C11H16O.CH4/c1-8-5-6-10(12)9(7-8)11(2,3)4;/h5-7,12H,1-4H3;1H4. The average molecular weight is 180 g/mol. The van der Waals surface area contributed by atoms with Gasteiger partial charge >= 0.3 is 0 Å². The van der Waals surface area contributed by atoms with E-state index in [0.717, 1.165) is 5.56 Å². The van der Waals surface area contributed by atoms with E-state index in [-0.39, 0.29) is 12.8 Å². The zero-order chi connectivity index (χ0) is 9.35. The van der Waals surface area contributed by atoms with Crippen LogP contribution in [0.1, 0.15) is 39.3 Å². The van der Waals surface area contributed by atoms with Crippen LogP contribution in [0.25, 0.3) is 0 Å². The van der Waals surface area contributed by atoms with Crippen LogP contribution in [0.2, 0.25) is 0 Å². The van der Waals surface area contributed by atoms with Crippen LogP contribution in [-0.4, -0.2) is 5.11 Å². The first-order valence-electron chi connectivity index (χ1n) is 4.21. The number of benzene rings is 1. The topological polar surface area (TPSA) is 20.2 Å². The van der Waals surface area contributed by atoms with Crippen molar-refractivity contribution in [1.29, 1.82) is 0 Å². The second-order valence-corrected chi connectivity index (χ2v) is 4.27. The minimum Gasteiger partial charge on any atom is -0.508 e. The van der Waals surface area contributed by atoms with Crippen LogP contribution >= 0.6 is 0 Å². The first kappa shape index (κ1) is 12.0. The molecule has 0 amide bonds. The molecule has 1 nitrogen and oxygen atoms in total. The van der Waals surface area contributed by atoms with Crippen molar-refractivity contribution in [2.24, 2.45) is 0 Å². The Morgan fingerprint density at radius 1 is 1.15 bits per heavy atom. The summed E-state index contributed by atoms with van der Waals surface area (Å²) in [5.74, 6) is 0.396. The number of phenolic OH excluding ortho intramolecular Hbond substituents is 1. The van der Waals surface area contributed by atoms with E-state index in [1.807, 2.05) is 19.1 Å². The lowest BCUT2D eigenvalue weighted by Crippen LogP contribution is -2.11. The average Bonchev–Trinajstić information content (AvgIpc) is 1.92. The zero-order valence-electron chi connectivity index (χ0n) is 8.18. The predicted molar refractivity (Wildman–Crippen MR) is 58.3 cm³/mol. The highest BCUT2D eigenvalue weighted by atomic mass is 16.3. The summed E-state index contributed by atoms with van der Waals surface area (Å²) in [7, 11) is 0. The molecule has 1 N–H and O–H groups in total. The van der Waals surface area contributed by atoms with Crippen molar-refractivity contribution in [3.63, 3.8) is 0 Å². The predicted octanol–water partition coefficient (Wildman–Crippen LogP) is 3.63. The molecule has 0 aliphatic carbocycles. The molecule has 0 fully saturated rings. The maximum Gasteiger partial charge on any atom is 0.119 e. The lowest BCUT2D eigenvalue weighted by molar-refractivity contribution is 0.446. The third-order valence-corrected chi connectivity index (χ3v) is 1.96. The summed E-state index contributed by atoms with van der Waals surface area (Å²) in [4.78, 5) is 0. The van der Waals surface area contributed by atoms with Crippen molar-refractivity contribution in [2.45, 2.75) is 40.5 Å². The Balaban J connectivity index is 0.00000144. The Hall–Kier alpha value is -0.980. The van der Waals surface area contributed by atoms with Crippen molar-refractivity contribution >= 4 is 0 Å². The third kappa shape index (κ3) is 2.76. The van der Waals surface area contributed by atoms with Gasteiger partial charge in [-0.3, -0.25) is 0 Å². The molecule has 0 spiro atoms. The van der Waals surface area contributed by atoms with Crippen LogP contribution in [0.15, 0.2) is 18.2 Å². The van der Waals surface area contributed by atoms with Gasteiger partial charge in [-0.1, -0.05) is 45.9 Å². The van der Waals surface area contributed by atoms with Crippen LogP contribution in [0.3, 0.4) is 0 Å². The van der Waals surface area contributed by atoms with Gasteiger partial charge in [-0.2, -0.15) is 0 Å². The molecule has 0 radical (unpaired) electrons. The molecule has 1 aromatic carbocycles. The van der Waals surface area contributed by atoms with Crippen molar-refractivity contribution in [3.8, 4) is 5.75 Å². The summed E-state index contributed by atoms with van der Waals surface area (Å²) in [6.07, 6.45) is 0. The molecule has 1 rings (SSSR count). The molecule has 0 saturated carbocycles. The number of rotatable bonds is 0. The highest BCUT2D eigenvalue weighted by molar-refractivity contribution is 5.39. The zero-order valence-corrected chi connectivity index (χ0v) is 8.18. The van der Waals surface area contributed by atoms with Gasteiger partial charge in [0.25, 0.3) is 0 Å². The van der Waals surface area contributed by atoms with Gasteiger partial charge in [0.05, 0.1) is 0 Å². The molecule has 0 atom stereocenters. The smallest absolute Gasteiger partial charge is 0.119 e. The van der Waals surface area contributed by atoms with Crippen molar-refractivity contribution in [2.75, 3.05) is 0 Å². The molecule has 0 aromatic heterocycles. The number of aryl methyl sites for hydroxylation is 1. The first-order chi connectivity index (χ1) is 5.41. The normalized spacial score (nSPS) is 10.8. The van der Waals surface area contributed by atoms with E-state index in [0.29, 0.717) is 5.75 Å². The maximum absolute atomic E-state index is 9.57. The van der Waals surface area contributed by atoms with E-state index >= 15 is 0 Å². The van der Waals surface area contributed by atoms with Crippen molar-refractivity contribution in [1.82, 2.24) is 0 Å². The molecule has 74 valence electrons. The van der Waals surface area contributed by atoms with E-state index in [1.165, 1.54) is 5.56 Å². The molecule has 1 heteroatoms. The summed E-state index contributed by atoms with van der Waals surface area (Å²) in [6.45, 7) is 8.33. The SMILES string of the molecule is C.Cc1ccc(O)c(C(C)(C)C)c1. The van der Waals surface area contributed by atoms with Crippen molar-refractivity contribution < 1.29 is 5.11 Å². The van der Waals surface area contributed by atoms with Crippen molar-refractivity contribution in [3.05, 3.63) is 29.3 Å². The van der Waals surface area contributed by atoms with Gasteiger partial charge in [0.15, 0.2) is 0 Å². The van der Waals surface area contributed by atoms with Gasteiger partial charge in [-0.15, -0.1) is 0 Å². The van der Waals surface area contributed by atoms with Gasteiger partial charge < -0.3 is 5.11 Å². The Morgan fingerprint density at radius 2 is 1.69 bits per heavy atom. The highest BCUT2D eigenvalue weighted by Crippen LogP contribution is 2.30. The monoisotopic (exact) mass is 180 g/mol. The van der Waals surface area contributed by atoms with E-state index in [4.69, 9.17) is 0 Å². The quantitative estimate of drug-likeness (QED) is 0.646. The molecule has 13 heavy (non-hydrogen) atoms. The fourth-order valence-electron chi connectivity index (χ4n) is 1.25. The van der Waals surface area contributed by atoms with Gasteiger partial charge in [0.1, 0.15) is 5.75 Å². The maximum atomic E-state index is 9.57. The number of phenols is 1. The molecular weight excluding hydrogens is 160 g/mol. The van der Waals surface area contributed by atoms with E-state index in [1.54, 1.807) is 6.07 Å². The van der Waals surface area contributed by atoms with Crippen LogP contribution in [0.4, 0.5) is 0 Å². The minimum atomic E-state index is 0. The summed E-state index contributed by atoms with van der Waals surface area (Å²) < 4.78 is 0. The van der Waals surface area contributed by atoms with Crippen LogP contribution in [0.5, 0.6) is 5.75 Å². The minimum absolute atomic E-state index is 0. The van der Waals surface area contributed by atoms with Crippen LogP contribution in [-0.2, 0) is 5.41 Å². The van der Waals surface area contributed by atoms with Gasteiger partial charge in [0, 0.05) is 0 Å². The second kappa shape index (κ2) is 3.82. The highest BCUT2D eigenvalue weighted by Gasteiger charge is 2.17. The Labute approximate surface area is 81.4 Å². The fraction of sp³-hybridized carbons (Fsp3) is 0.500. The third-order valence-electron chi connectivity index (χ3n) is 1.96. The molecule has 0 bridgehead atoms. The van der Waals surface area contributed by atoms with Crippen LogP contribution < -0.4 is 0 Å². The van der Waals surface area contributed by atoms with E-state index in [9.17, 15) is 5.11 Å². The molecule has 0 unspecified atom stereocenters. The summed E-state index contributed by atoms with van der Waals surface area (Å²) in [5, 5.41) is 9.57. The van der Waals surface area contributed by atoms with Crippen LogP contribution in [0, 0.1) is 6.92 Å². The fourth-order valence-corrected chi connectivity index (χ4v) is 1.25. The Kier molecular flexibility index (Phi) is 3.53. The number of hydrogen-bond donors (Lipinski definition) is 1. The Morgan fingerprint density at radius 3 is 2.08 bits per heavy atom. The number of aromatic hydroxyl groups is 1. The molecule has 0 aliphatic rings. The second-order valence-electron chi connectivity index (χ2n) is 4.27. The molecule has 0 saturated heterocycles.